The van der Waals surface area contributed by atoms with Crippen molar-refractivity contribution in [2.24, 2.45) is 0 Å². The number of hydrogen-bond donors (Lipinski definition) is 0. The molecular formula is C11H14O3. The predicted octanol–water partition coefficient (Wildman–Crippen LogP) is 1.79. The van der Waals surface area contributed by atoms with Crippen LogP contribution < -0.4 is 0 Å². The first kappa shape index (κ1) is 10.7. The molecule has 0 heterocycles. The van der Waals surface area contributed by atoms with Crippen LogP contribution in [-0.2, 0) is 14.3 Å². The van der Waals surface area contributed by atoms with Crippen LogP contribution in [0, 0.1) is 0 Å². The quantitative estimate of drug-likeness (QED) is 0.497. The lowest BCUT2D eigenvalue weighted by molar-refractivity contribution is -0.137. The molecular weight excluding hydrogens is 180 g/mol. The van der Waals surface area contributed by atoms with Gasteiger partial charge in [-0.2, -0.15) is 0 Å². The van der Waals surface area contributed by atoms with Gasteiger partial charge in [0, 0.05) is 11.6 Å². The standard InChI is InChI=1S/C11H14O3/c1-4-14-10(12)6-9-5-7(2)8(3)11(9)13/h6H,4-5H2,1-3H3/b9-6+. The van der Waals surface area contributed by atoms with Gasteiger partial charge in [0.2, 0.25) is 0 Å². The molecule has 0 fully saturated rings. The molecule has 0 atom stereocenters. The third-order valence-electron chi connectivity index (χ3n) is 2.31. The van der Waals surface area contributed by atoms with E-state index in [-0.39, 0.29) is 5.78 Å². The maximum absolute atomic E-state index is 11.5. The van der Waals surface area contributed by atoms with Crippen LogP contribution in [0.15, 0.2) is 22.8 Å². The molecule has 0 saturated carbocycles. The van der Waals surface area contributed by atoms with Crippen molar-refractivity contribution in [3.05, 3.63) is 22.8 Å². The van der Waals surface area contributed by atoms with Crippen LogP contribution >= 0.6 is 0 Å². The Morgan fingerprint density at radius 1 is 1.50 bits per heavy atom. The molecule has 0 radical (unpaired) electrons. The summed E-state index contributed by atoms with van der Waals surface area (Å²) >= 11 is 0. The van der Waals surface area contributed by atoms with E-state index >= 15 is 0 Å². The van der Waals surface area contributed by atoms with Crippen LogP contribution in [0.5, 0.6) is 0 Å². The third kappa shape index (κ3) is 2.10. The van der Waals surface area contributed by atoms with E-state index in [1.165, 1.54) is 6.08 Å². The summed E-state index contributed by atoms with van der Waals surface area (Å²) in [5.41, 5.74) is 2.32. The van der Waals surface area contributed by atoms with Crippen molar-refractivity contribution < 1.29 is 14.3 Å². The number of carbonyl (C=O) groups is 2. The third-order valence-corrected chi connectivity index (χ3v) is 2.31. The van der Waals surface area contributed by atoms with E-state index in [0.717, 1.165) is 11.1 Å². The first-order valence-electron chi connectivity index (χ1n) is 4.64. The summed E-state index contributed by atoms with van der Waals surface area (Å²) in [6, 6.07) is 0. The van der Waals surface area contributed by atoms with Crippen LogP contribution in [0.25, 0.3) is 0 Å². The smallest absolute Gasteiger partial charge is 0.331 e. The van der Waals surface area contributed by atoms with Crippen molar-refractivity contribution in [1.82, 2.24) is 0 Å². The molecule has 1 aliphatic carbocycles. The van der Waals surface area contributed by atoms with Gasteiger partial charge in [0.25, 0.3) is 0 Å². The van der Waals surface area contributed by atoms with Crippen molar-refractivity contribution >= 4 is 11.8 Å². The minimum atomic E-state index is -0.432. The van der Waals surface area contributed by atoms with Crippen molar-refractivity contribution in [2.75, 3.05) is 6.61 Å². The maximum Gasteiger partial charge on any atom is 0.331 e. The summed E-state index contributed by atoms with van der Waals surface area (Å²) in [6.45, 7) is 5.76. The van der Waals surface area contributed by atoms with E-state index in [9.17, 15) is 9.59 Å². The highest BCUT2D eigenvalue weighted by atomic mass is 16.5. The number of carbonyl (C=O) groups excluding carboxylic acids is 2. The lowest BCUT2D eigenvalue weighted by Gasteiger charge is -1.97. The first-order chi connectivity index (χ1) is 6.56. The zero-order valence-electron chi connectivity index (χ0n) is 8.72. The molecule has 0 aromatic rings. The first-order valence-corrected chi connectivity index (χ1v) is 4.64. The second-order valence-corrected chi connectivity index (χ2v) is 3.33. The fourth-order valence-electron chi connectivity index (χ4n) is 1.38. The van der Waals surface area contributed by atoms with Gasteiger partial charge < -0.3 is 4.74 Å². The van der Waals surface area contributed by atoms with Crippen LogP contribution in [-0.4, -0.2) is 18.4 Å². The molecule has 0 amide bonds. The fraction of sp³-hybridized carbons (Fsp3) is 0.455. The second-order valence-electron chi connectivity index (χ2n) is 3.33. The highest BCUT2D eigenvalue weighted by molar-refractivity contribution is 6.13. The summed E-state index contributed by atoms with van der Waals surface area (Å²) < 4.78 is 4.74. The number of Topliss-reactive ketones (excluding diaryl/α,β-unsaturated/α-hetero) is 1. The molecule has 3 nitrogen and oxygen atoms in total. The topological polar surface area (TPSA) is 43.4 Å². The largest absolute Gasteiger partial charge is 0.463 e. The summed E-state index contributed by atoms with van der Waals surface area (Å²) in [5.74, 6) is -0.464. The molecule has 14 heavy (non-hydrogen) atoms. The van der Waals surface area contributed by atoms with Gasteiger partial charge in [-0.1, -0.05) is 5.57 Å². The van der Waals surface area contributed by atoms with Crippen molar-refractivity contribution in [3.8, 4) is 0 Å². The van der Waals surface area contributed by atoms with Crippen LogP contribution in [0.2, 0.25) is 0 Å². The van der Waals surface area contributed by atoms with Crippen LogP contribution in [0.3, 0.4) is 0 Å². The Kier molecular flexibility index (Phi) is 3.23. The fourth-order valence-corrected chi connectivity index (χ4v) is 1.38. The van der Waals surface area contributed by atoms with E-state index < -0.39 is 5.97 Å². The minimum Gasteiger partial charge on any atom is -0.463 e. The van der Waals surface area contributed by atoms with E-state index in [4.69, 9.17) is 4.74 Å². The lowest BCUT2D eigenvalue weighted by atomic mass is 10.1. The van der Waals surface area contributed by atoms with Crippen molar-refractivity contribution in [1.29, 1.82) is 0 Å². The zero-order chi connectivity index (χ0) is 10.7. The summed E-state index contributed by atoms with van der Waals surface area (Å²) in [6.07, 6.45) is 1.87. The van der Waals surface area contributed by atoms with E-state index in [2.05, 4.69) is 0 Å². The number of allylic oxidation sites excluding steroid dienone is 3. The average molecular weight is 194 g/mol. The number of esters is 1. The van der Waals surface area contributed by atoms with Gasteiger partial charge in [-0.25, -0.2) is 4.79 Å². The molecule has 0 N–H and O–H groups in total. The van der Waals surface area contributed by atoms with Crippen LogP contribution in [0.4, 0.5) is 0 Å². The molecule has 0 saturated heterocycles. The highest BCUT2D eigenvalue weighted by Crippen LogP contribution is 2.26. The Hall–Kier alpha value is -1.38. The van der Waals surface area contributed by atoms with Gasteiger partial charge in [0.05, 0.1) is 6.61 Å². The second kappa shape index (κ2) is 4.22. The molecule has 0 aromatic heterocycles. The Bertz CT molecular complexity index is 334. The normalized spacial score (nSPS) is 19.4. The Morgan fingerprint density at radius 3 is 2.57 bits per heavy atom. The van der Waals surface area contributed by atoms with E-state index in [1.54, 1.807) is 13.8 Å². The Labute approximate surface area is 83.4 Å². The summed E-state index contributed by atoms with van der Waals surface area (Å²) in [5, 5.41) is 0. The molecule has 0 aliphatic heterocycles. The van der Waals surface area contributed by atoms with Gasteiger partial charge in [-0.3, -0.25) is 4.79 Å². The van der Waals surface area contributed by atoms with Gasteiger partial charge >= 0.3 is 5.97 Å². The lowest BCUT2D eigenvalue weighted by Crippen LogP contribution is -2.04. The predicted molar refractivity (Wildman–Crippen MR) is 52.7 cm³/mol. The minimum absolute atomic E-state index is 0.0319. The number of ether oxygens (including phenoxy) is 1. The molecule has 3 heteroatoms. The molecule has 0 spiro atoms. The van der Waals surface area contributed by atoms with Gasteiger partial charge in [-0.05, 0) is 32.8 Å². The Morgan fingerprint density at radius 2 is 2.14 bits per heavy atom. The Balaban J connectivity index is 2.76. The molecule has 0 unspecified atom stereocenters. The molecule has 0 aromatic carbocycles. The maximum atomic E-state index is 11.5. The van der Waals surface area contributed by atoms with Crippen molar-refractivity contribution in [2.45, 2.75) is 27.2 Å². The molecule has 1 rings (SSSR count). The zero-order valence-corrected chi connectivity index (χ0v) is 8.72. The van der Waals surface area contributed by atoms with E-state index in [1.807, 2.05) is 6.92 Å². The molecule has 76 valence electrons. The van der Waals surface area contributed by atoms with Crippen molar-refractivity contribution in [3.63, 3.8) is 0 Å². The summed E-state index contributed by atoms with van der Waals surface area (Å²) in [4.78, 5) is 22.6. The van der Waals surface area contributed by atoms with Gasteiger partial charge in [0.1, 0.15) is 0 Å². The molecule has 1 aliphatic rings. The summed E-state index contributed by atoms with van der Waals surface area (Å²) in [7, 11) is 0. The number of rotatable bonds is 2. The molecule has 0 bridgehead atoms. The SMILES string of the molecule is CCOC(=O)/C=C1\CC(C)=C(C)C1=O. The van der Waals surface area contributed by atoms with Gasteiger partial charge in [-0.15, -0.1) is 0 Å². The van der Waals surface area contributed by atoms with Crippen LogP contribution in [0.1, 0.15) is 27.2 Å². The monoisotopic (exact) mass is 194 g/mol. The number of ketones is 1. The highest BCUT2D eigenvalue weighted by Gasteiger charge is 2.22. The number of hydrogen-bond acceptors (Lipinski definition) is 3. The van der Waals surface area contributed by atoms with Gasteiger partial charge in [0.15, 0.2) is 5.78 Å². The van der Waals surface area contributed by atoms with E-state index in [0.29, 0.717) is 18.6 Å². The average Bonchev–Trinajstić information content (AvgIpc) is 2.34.